The van der Waals surface area contributed by atoms with Gasteiger partial charge in [0.2, 0.25) is 0 Å². The summed E-state index contributed by atoms with van der Waals surface area (Å²) in [7, 11) is 1.65. The summed E-state index contributed by atoms with van der Waals surface area (Å²) in [5.74, 6) is -0.249. The van der Waals surface area contributed by atoms with Crippen LogP contribution in [0.4, 0.5) is 0 Å². The summed E-state index contributed by atoms with van der Waals surface area (Å²) < 4.78 is 10.8. The minimum absolute atomic E-state index is 0.148. The van der Waals surface area contributed by atoms with E-state index < -0.39 is 0 Å². The van der Waals surface area contributed by atoms with Crippen molar-refractivity contribution in [2.45, 2.75) is 64.9 Å². The highest BCUT2D eigenvalue weighted by Gasteiger charge is 2.15. The molecule has 0 aliphatic rings. The zero-order valence-corrected chi connectivity index (χ0v) is 14.3. The van der Waals surface area contributed by atoms with Crippen molar-refractivity contribution in [3.05, 3.63) is 35.4 Å². The Morgan fingerprint density at radius 2 is 1.77 bits per heavy atom. The van der Waals surface area contributed by atoms with Crippen LogP contribution in [0.5, 0.6) is 0 Å². The Hall–Kier alpha value is -1.35. The number of carbonyl (C=O) groups excluding carboxylic acids is 1. The monoisotopic (exact) mass is 306 g/mol. The number of hydrogen-bond donors (Lipinski definition) is 0. The molecule has 0 bridgehead atoms. The van der Waals surface area contributed by atoms with Gasteiger partial charge in [-0.1, -0.05) is 51.7 Å². The molecule has 1 aromatic carbocycles. The Balaban J connectivity index is 2.50. The molecule has 3 nitrogen and oxygen atoms in total. The zero-order valence-electron chi connectivity index (χ0n) is 14.3. The van der Waals surface area contributed by atoms with Gasteiger partial charge in [0, 0.05) is 7.11 Å². The lowest BCUT2D eigenvalue weighted by Crippen LogP contribution is -2.23. The number of benzene rings is 1. The van der Waals surface area contributed by atoms with E-state index in [-0.39, 0.29) is 12.1 Å². The highest BCUT2D eigenvalue weighted by Crippen LogP contribution is 2.13. The molecule has 0 aliphatic carbocycles. The second kappa shape index (κ2) is 11.2. The third-order valence-electron chi connectivity index (χ3n) is 3.73. The van der Waals surface area contributed by atoms with Crippen molar-refractivity contribution < 1.29 is 14.3 Å². The summed E-state index contributed by atoms with van der Waals surface area (Å²) in [6, 6.07) is 7.72. The van der Waals surface area contributed by atoms with Gasteiger partial charge in [-0.3, -0.25) is 0 Å². The molecule has 0 heterocycles. The number of esters is 1. The van der Waals surface area contributed by atoms with Crippen molar-refractivity contribution in [1.82, 2.24) is 0 Å². The molecule has 0 saturated carbocycles. The molecule has 0 spiro atoms. The minimum Gasteiger partial charge on any atom is -0.456 e. The van der Waals surface area contributed by atoms with Crippen LogP contribution in [-0.2, 0) is 15.9 Å². The van der Waals surface area contributed by atoms with E-state index in [2.05, 4.69) is 13.8 Å². The molecule has 0 aliphatic heterocycles. The predicted molar refractivity (Wildman–Crippen MR) is 90.3 cm³/mol. The van der Waals surface area contributed by atoms with E-state index in [0.717, 1.165) is 25.7 Å². The Labute approximate surface area is 135 Å². The van der Waals surface area contributed by atoms with Gasteiger partial charge in [-0.05, 0) is 37.0 Å². The molecule has 1 atom stereocenters. The van der Waals surface area contributed by atoms with Crippen LogP contribution in [0.2, 0.25) is 0 Å². The van der Waals surface area contributed by atoms with Crippen LogP contribution in [0.3, 0.4) is 0 Å². The minimum atomic E-state index is -0.249. The molecule has 0 radical (unpaired) electrons. The lowest BCUT2D eigenvalue weighted by molar-refractivity contribution is 0.00238. The molecular formula is C19H30O3. The number of aryl methyl sites for hydroxylation is 1. The smallest absolute Gasteiger partial charge is 0.338 e. The highest BCUT2D eigenvalue weighted by molar-refractivity contribution is 5.89. The first-order valence-corrected chi connectivity index (χ1v) is 8.50. The van der Waals surface area contributed by atoms with Gasteiger partial charge >= 0.3 is 5.97 Å². The second-order valence-electron chi connectivity index (χ2n) is 5.78. The maximum Gasteiger partial charge on any atom is 0.338 e. The summed E-state index contributed by atoms with van der Waals surface area (Å²) in [5.41, 5.74) is 1.88. The van der Waals surface area contributed by atoms with Crippen LogP contribution < -0.4 is 0 Å². The fourth-order valence-corrected chi connectivity index (χ4v) is 2.48. The van der Waals surface area contributed by atoms with Crippen LogP contribution >= 0.6 is 0 Å². The molecular weight excluding hydrogens is 276 g/mol. The molecule has 0 aromatic heterocycles. The Morgan fingerprint density at radius 3 is 2.36 bits per heavy atom. The van der Waals surface area contributed by atoms with Crippen LogP contribution in [0.25, 0.3) is 0 Å². The third-order valence-corrected chi connectivity index (χ3v) is 3.73. The average molecular weight is 306 g/mol. The summed E-state index contributed by atoms with van der Waals surface area (Å²) in [6.45, 7) is 4.80. The van der Waals surface area contributed by atoms with Crippen molar-refractivity contribution in [2.24, 2.45) is 0 Å². The maximum absolute atomic E-state index is 12.2. The number of carbonyl (C=O) groups is 1. The van der Waals surface area contributed by atoms with Crippen molar-refractivity contribution in [1.29, 1.82) is 0 Å². The lowest BCUT2D eigenvalue weighted by atomic mass is 10.1. The fraction of sp³-hybridized carbons (Fsp3) is 0.632. The summed E-state index contributed by atoms with van der Waals surface area (Å²) in [5, 5.41) is 0. The highest BCUT2D eigenvalue weighted by atomic mass is 16.6. The molecule has 22 heavy (non-hydrogen) atoms. The average Bonchev–Trinajstić information content (AvgIpc) is 2.52. The number of hydrogen-bond acceptors (Lipinski definition) is 3. The van der Waals surface area contributed by atoms with Crippen LogP contribution in [0.1, 0.15) is 68.3 Å². The van der Waals surface area contributed by atoms with Gasteiger partial charge in [0.05, 0.1) is 12.2 Å². The third kappa shape index (κ3) is 7.08. The molecule has 1 rings (SSSR count). The topological polar surface area (TPSA) is 35.5 Å². The van der Waals surface area contributed by atoms with Gasteiger partial charge < -0.3 is 9.47 Å². The Kier molecular flexibility index (Phi) is 9.56. The number of methoxy groups -OCH3 is 1. The van der Waals surface area contributed by atoms with Crippen molar-refractivity contribution in [3.63, 3.8) is 0 Å². The number of ether oxygens (including phenoxy) is 2. The summed E-state index contributed by atoms with van der Waals surface area (Å²) in [6.07, 6.45) is 7.56. The van der Waals surface area contributed by atoms with E-state index in [1.54, 1.807) is 7.11 Å². The van der Waals surface area contributed by atoms with Gasteiger partial charge in [0.1, 0.15) is 6.10 Å². The first-order chi connectivity index (χ1) is 10.7. The summed E-state index contributed by atoms with van der Waals surface area (Å²) >= 11 is 0. The molecule has 124 valence electrons. The summed E-state index contributed by atoms with van der Waals surface area (Å²) in [4.78, 5) is 12.2. The van der Waals surface area contributed by atoms with E-state index in [1.807, 2.05) is 24.3 Å². The van der Waals surface area contributed by atoms with E-state index in [1.165, 1.54) is 24.8 Å². The Morgan fingerprint density at radius 1 is 1.05 bits per heavy atom. The number of unbranched alkanes of at least 4 members (excludes halogenated alkanes) is 3. The molecule has 0 amide bonds. The molecule has 0 fully saturated rings. The number of rotatable bonds is 11. The first kappa shape index (κ1) is 18.7. The van der Waals surface area contributed by atoms with Gasteiger partial charge in [-0.2, -0.15) is 0 Å². The van der Waals surface area contributed by atoms with Gasteiger partial charge in [-0.25, -0.2) is 4.79 Å². The van der Waals surface area contributed by atoms with Crippen molar-refractivity contribution >= 4 is 5.97 Å². The molecule has 1 unspecified atom stereocenters. The fourth-order valence-electron chi connectivity index (χ4n) is 2.48. The van der Waals surface area contributed by atoms with E-state index in [4.69, 9.17) is 9.47 Å². The first-order valence-electron chi connectivity index (χ1n) is 8.50. The molecule has 0 saturated heterocycles. The van der Waals surface area contributed by atoms with Gasteiger partial charge in [0.25, 0.3) is 0 Å². The van der Waals surface area contributed by atoms with Crippen LogP contribution in [-0.4, -0.2) is 25.8 Å². The largest absolute Gasteiger partial charge is 0.456 e. The van der Waals surface area contributed by atoms with E-state index in [0.29, 0.717) is 12.2 Å². The maximum atomic E-state index is 12.2. The van der Waals surface area contributed by atoms with E-state index in [9.17, 15) is 4.79 Å². The lowest BCUT2D eigenvalue weighted by Gasteiger charge is -2.17. The predicted octanol–water partition coefficient (Wildman–Crippen LogP) is 4.78. The van der Waals surface area contributed by atoms with Crippen LogP contribution in [0, 0.1) is 0 Å². The van der Waals surface area contributed by atoms with Gasteiger partial charge in [-0.15, -0.1) is 0 Å². The molecule has 3 heteroatoms. The SMILES string of the molecule is CCCCCCC(COC)OC(=O)c1ccc(CCC)cc1. The standard InChI is InChI=1S/C19H30O3/c1-4-6-7-8-10-18(15-21-3)22-19(20)17-13-11-16(9-5-2)12-14-17/h11-14,18H,4-10,15H2,1-3H3. The normalized spacial score (nSPS) is 12.1. The molecule has 0 N–H and O–H groups in total. The van der Waals surface area contributed by atoms with Gasteiger partial charge in [0.15, 0.2) is 0 Å². The van der Waals surface area contributed by atoms with Crippen molar-refractivity contribution in [3.8, 4) is 0 Å². The zero-order chi connectivity index (χ0) is 16.2. The Bertz CT molecular complexity index is 411. The quantitative estimate of drug-likeness (QED) is 0.436. The van der Waals surface area contributed by atoms with Crippen molar-refractivity contribution in [2.75, 3.05) is 13.7 Å². The second-order valence-corrected chi connectivity index (χ2v) is 5.78. The molecule has 1 aromatic rings. The van der Waals surface area contributed by atoms with E-state index >= 15 is 0 Å². The van der Waals surface area contributed by atoms with Crippen LogP contribution in [0.15, 0.2) is 24.3 Å².